The summed E-state index contributed by atoms with van der Waals surface area (Å²) >= 11 is 1.83. The fraction of sp³-hybridized carbons (Fsp3) is 0.667. The van der Waals surface area contributed by atoms with Gasteiger partial charge in [-0.15, -0.1) is 0 Å². The molecule has 0 aromatic heterocycles. The molecule has 0 aromatic carbocycles. The molecule has 0 unspecified atom stereocenters. The smallest absolute Gasteiger partial charge is 0.331 e. The average Bonchev–Trinajstić information content (AvgIpc) is 2.04. The van der Waals surface area contributed by atoms with Crippen molar-refractivity contribution in [1.82, 2.24) is 0 Å². The molecule has 0 saturated heterocycles. The average molecular weight is 186 g/mol. The Kier molecular flexibility index (Phi) is 3.20. The van der Waals surface area contributed by atoms with Gasteiger partial charge in [0.15, 0.2) is 0 Å². The minimum absolute atomic E-state index is 0.379. The van der Waals surface area contributed by atoms with Gasteiger partial charge in [-0.2, -0.15) is 11.8 Å². The summed E-state index contributed by atoms with van der Waals surface area (Å²) in [6, 6.07) is 0. The zero-order valence-corrected chi connectivity index (χ0v) is 8.28. The Balaban J connectivity index is 2.91. The summed E-state index contributed by atoms with van der Waals surface area (Å²) in [5.74, 6) is 1.51. The first-order valence-electron chi connectivity index (χ1n) is 4.16. The second-order valence-electron chi connectivity index (χ2n) is 3.27. The predicted molar refractivity (Wildman–Crippen MR) is 51.4 cm³/mol. The van der Waals surface area contributed by atoms with Crippen molar-refractivity contribution < 1.29 is 9.90 Å². The third-order valence-electron chi connectivity index (χ3n) is 2.10. The standard InChI is InChI=1S/C9H14O2S/c1-6(2)8-5-12-4-3-7(8)9(10)11/h6H,3-5H2,1-2H3,(H,10,11). The molecule has 1 aliphatic heterocycles. The normalized spacial score (nSPS) is 18.6. The van der Waals surface area contributed by atoms with Crippen molar-refractivity contribution in [2.45, 2.75) is 20.3 Å². The molecule has 1 aliphatic rings. The lowest BCUT2D eigenvalue weighted by Crippen LogP contribution is -2.15. The Morgan fingerprint density at radius 3 is 2.67 bits per heavy atom. The van der Waals surface area contributed by atoms with E-state index in [0.717, 1.165) is 23.5 Å². The fourth-order valence-corrected chi connectivity index (χ4v) is 2.58. The van der Waals surface area contributed by atoms with Crippen molar-refractivity contribution >= 4 is 17.7 Å². The number of aliphatic carboxylic acids is 1. The highest BCUT2D eigenvalue weighted by molar-refractivity contribution is 7.99. The van der Waals surface area contributed by atoms with Crippen molar-refractivity contribution in [3.63, 3.8) is 0 Å². The van der Waals surface area contributed by atoms with E-state index < -0.39 is 5.97 Å². The Labute approximate surface area is 77.0 Å². The van der Waals surface area contributed by atoms with Crippen LogP contribution in [0.25, 0.3) is 0 Å². The van der Waals surface area contributed by atoms with E-state index in [1.165, 1.54) is 0 Å². The fourth-order valence-electron chi connectivity index (χ4n) is 1.36. The summed E-state index contributed by atoms with van der Waals surface area (Å²) in [7, 11) is 0. The zero-order valence-electron chi connectivity index (χ0n) is 7.46. The van der Waals surface area contributed by atoms with E-state index in [1.807, 2.05) is 11.8 Å². The molecule has 0 spiro atoms. The van der Waals surface area contributed by atoms with Gasteiger partial charge in [0.25, 0.3) is 0 Å². The van der Waals surface area contributed by atoms with Gasteiger partial charge < -0.3 is 5.11 Å². The van der Waals surface area contributed by atoms with Gasteiger partial charge in [-0.1, -0.05) is 13.8 Å². The van der Waals surface area contributed by atoms with Crippen molar-refractivity contribution in [1.29, 1.82) is 0 Å². The lowest BCUT2D eigenvalue weighted by atomic mass is 9.97. The summed E-state index contributed by atoms with van der Waals surface area (Å²) in [4.78, 5) is 10.8. The molecule has 1 N–H and O–H groups in total. The first kappa shape index (κ1) is 9.65. The molecular formula is C9H14O2S. The molecule has 0 bridgehead atoms. The molecule has 0 aromatic rings. The zero-order chi connectivity index (χ0) is 9.14. The summed E-state index contributed by atoms with van der Waals surface area (Å²) in [6.07, 6.45) is 0.730. The molecule has 68 valence electrons. The molecule has 0 saturated carbocycles. The van der Waals surface area contributed by atoms with Gasteiger partial charge >= 0.3 is 5.97 Å². The molecule has 0 atom stereocenters. The van der Waals surface area contributed by atoms with E-state index in [0.29, 0.717) is 11.5 Å². The second-order valence-corrected chi connectivity index (χ2v) is 4.37. The first-order chi connectivity index (χ1) is 5.63. The van der Waals surface area contributed by atoms with Crippen molar-refractivity contribution in [2.24, 2.45) is 5.92 Å². The van der Waals surface area contributed by atoms with Gasteiger partial charge in [-0.05, 0) is 23.7 Å². The third kappa shape index (κ3) is 2.03. The van der Waals surface area contributed by atoms with E-state index in [9.17, 15) is 4.79 Å². The third-order valence-corrected chi connectivity index (χ3v) is 3.10. The summed E-state index contributed by atoms with van der Waals surface area (Å²) in [5.41, 5.74) is 1.78. The molecule has 3 heteroatoms. The Bertz CT molecular complexity index is 219. The summed E-state index contributed by atoms with van der Waals surface area (Å²) in [6.45, 7) is 4.12. The molecule has 0 fully saturated rings. The minimum atomic E-state index is -0.723. The van der Waals surface area contributed by atoms with Crippen molar-refractivity contribution in [3.05, 3.63) is 11.1 Å². The van der Waals surface area contributed by atoms with Crippen LogP contribution in [0.4, 0.5) is 0 Å². The van der Waals surface area contributed by atoms with Crippen LogP contribution in [0, 0.1) is 5.92 Å². The topological polar surface area (TPSA) is 37.3 Å². The van der Waals surface area contributed by atoms with Crippen molar-refractivity contribution in [3.8, 4) is 0 Å². The monoisotopic (exact) mass is 186 g/mol. The predicted octanol–water partition coefficient (Wildman–Crippen LogP) is 2.16. The van der Waals surface area contributed by atoms with Crippen LogP contribution in [-0.4, -0.2) is 22.6 Å². The van der Waals surface area contributed by atoms with E-state index in [-0.39, 0.29) is 0 Å². The van der Waals surface area contributed by atoms with Crippen LogP contribution in [0.3, 0.4) is 0 Å². The largest absolute Gasteiger partial charge is 0.478 e. The Hall–Kier alpha value is -0.440. The van der Waals surface area contributed by atoms with Crippen LogP contribution < -0.4 is 0 Å². The van der Waals surface area contributed by atoms with E-state index in [4.69, 9.17) is 5.11 Å². The van der Waals surface area contributed by atoms with E-state index >= 15 is 0 Å². The maximum absolute atomic E-state index is 10.8. The Morgan fingerprint density at radius 2 is 2.25 bits per heavy atom. The van der Waals surface area contributed by atoms with Gasteiger partial charge in [0.2, 0.25) is 0 Å². The molecule has 0 amide bonds. The van der Waals surface area contributed by atoms with Crippen LogP contribution in [0.2, 0.25) is 0 Å². The van der Waals surface area contributed by atoms with Gasteiger partial charge in [-0.3, -0.25) is 0 Å². The molecular weight excluding hydrogens is 172 g/mol. The van der Waals surface area contributed by atoms with Crippen LogP contribution in [0.5, 0.6) is 0 Å². The number of carbonyl (C=O) groups is 1. The molecule has 12 heavy (non-hydrogen) atoms. The maximum atomic E-state index is 10.8. The van der Waals surface area contributed by atoms with Crippen LogP contribution in [0.15, 0.2) is 11.1 Å². The van der Waals surface area contributed by atoms with Gasteiger partial charge in [0, 0.05) is 11.3 Å². The molecule has 1 rings (SSSR count). The molecule has 2 nitrogen and oxygen atoms in total. The molecule has 0 aliphatic carbocycles. The number of hydrogen-bond acceptors (Lipinski definition) is 2. The lowest BCUT2D eigenvalue weighted by Gasteiger charge is -2.19. The highest BCUT2D eigenvalue weighted by atomic mass is 32.2. The maximum Gasteiger partial charge on any atom is 0.331 e. The number of hydrogen-bond donors (Lipinski definition) is 1. The summed E-state index contributed by atoms with van der Waals surface area (Å²) in [5, 5.41) is 8.89. The van der Waals surface area contributed by atoms with Crippen LogP contribution >= 0.6 is 11.8 Å². The van der Waals surface area contributed by atoms with Gasteiger partial charge in [0.1, 0.15) is 0 Å². The van der Waals surface area contributed by atoms with Crippen molar-refractivity contribution in [2.75, 3.05) is 11.5 Å². The van der Waals surface area contributed by atoms with E-state index in [2.05, 4.69) is 13.8 Å². The number of carboxylic acid groups (broad SMARTS) is 1. The van der Waals surface area contributed by atoms with Crippen LogP contribution in [-0.2, 0) is 4.79 Å². The quantitative estimate of drug-likeness (QED) is 0.718. The molecule has 0 radical (unpaired) electrons. The highest BCUT2D eigenvalue weighted by Crippen LogP contribution is 2.28. The Morgan fingerprint density at radius 1 is 1.58 bits per heavy atom. The lowest BCUT2D eigenvalue weighted by molar-refractivity contribution is -0.132. The SMILES string of the molecule is CC(C)C1=C(C(=O)O)CCSC1. The number of rotatable bonds is 2. The summed E-state index contributed by atoms with van der Waals surface area (Å²) < 4.78 is 0. The number of thioether (sulfide) groups is 1. The van der Waals surface area contributed by atoms with Gasteiger partial charge in [-0.25, -0.2) is 4.79 Å². The second kappa shape index (κ2) is 3.99. The van der Waals surface area contributed by atoms with E-state index in [1.54, 1.807) is 0 Å². The first-order valence-corrected chi connectivity index (χ1v) is 5.31. The van der Waals surface area contributed by atoms with Gasteiger partial charge in [0.05, 0.1) is 0 Å². The highest BCUT2D eigenvalue weighted by Gasteiger charge is 2.20. The molecule has 1 heterocycles. The number of carboxylic acids is 1. The minimum Gasteiger partial charge on any atom is -0.478 e. The van der Waals surface area contributed by atoms with Crippen LogP contribution in [0.1, 0.15) is 20.3 Å².